The van der Waals surface area contributed by atoms with E-state index in [9.17, 15) is 9.59 Å². The van der Waals surface area contributed by atoms with Gasteiger partial charge in [-0.05, 0) is 35.9 Å². The molecule has 2 rings (SSSR count). The Bertz CT molecular complexity index is 696. The maximum absolute atomic E-state index is 11.6. The van der Waals surface area contributed by atoms with Crippen molar-refractivity contribution in [1.29, 1.82) is 0 Å². The second-order valence-electron chi connectivity index (χ2n) is 4.47. The van der Waals surface area contributed by atoms with Crippen LogP contribution in [0.1, 0.15) is 21.9 Å². The van der Waals surface area contributed by atoms with Crippen molar-refractivity contribution >= 4 is 18.0 Å². The molecule has 23 heavy (non-hydrogen) atoms. The number of ether oxygens (including phenoxy) is 3. The van der Waals surface area contributed by atoms with Crippen LogP contribution in [0.15, 0.2) is 46.9 Å². The van der Waals surface area contributed by atoms with Gasteiger partial charge in [0.2, 0.25) is 5.76 Å². The van der Waals surface area contributed by atoms with Gasteiger partial charge >= 0.3 is 11.9 Å². The smallest absolute Gasteiger partial charge is 0.373 e. The van der Waals surface area contributed by atoms with Gasteiger partial charge < -0.3 is 18.6 Å². The van der Waals surface area contributed by atoms with Crippen LogP contribution in [0.5, 0.6) is 5.75 Å². The fourth-order valence-corrected chi connectivity index (χ4v) is 1.74. The number of esters is 2. The minimum atomic E-state index is -0.582. The van der Waals surface area contributed by atoms with E-state index < -0.39 is 11.9 Å². The van der Waals surface area contributed by atoms with E-state index in [2.05, 4.69) is 4.74 Å². The zero-order chi connectivity index (χ0) is 16.7. The lowest BCUT2D eigenvalue weighted by atomic mass is 10.2. The first kappa shape index (κ1) is 16.4. The van der Waals surface area contributed by atoms with Crippen LogP contribution in [0.4, 0.5) is 0 Å². The average Bonchev–Trinajstić information content (AvgIpc) is 3.07. The molecule has 0 bridgehead atoms. The van der Waals surface area contributed by atoms with Gasteiger partial charge in [-0.2, -0.15) is 0 Å². The summed E-state index contributed by atoms with van der Waals surface area (Å²) in [6, 6.07) is 10.2. The van der Waals surface area contributed by atoms with Crippen molar-refractivity contribution in [3.63, 3.8) is 0 Å². The van der Waals surface area contributed by atoms with E-state index >= 15 is 0 Å². The molecule has 0 aliphatic rings. The summed E-state index contributed by atoms with van der Waals surface area (Å²) in [5, 5.41) is 0. The summed E-state index contributed by atoms with van der Waals surface area (Å²) in [5.74, 6) is 0.0618. The maximum atomic E-state index is 11.6. The van der Waals surface area contributed by atoms with Crippen LogP contribution in [0.3, 0.4) is 0 Å². The first-order valence-electron chi connectivity index (χ1n) is 6.78. The molecule has 0 spiro atoms. The molecule has 1 aromatic carbocycles. The van der Waals surface area contributed by atoms with Crippen LogP contribution >= 0.6 is 0 Å². The highest BCUT2D eigenvalue weighted by atomic mass is 16.5. The van der Waals surface area contributed by atoms with Crippen LogP contribution in [-0.4, -0.2) is 26.2 Å². The Labute approximate surface area is 133 Å². The van der Waals surface area contributed by atoms with Crippen molar-refractivity contribution < 1.29 is 28.2 Å². The Balaban J connectivity index is 1.85. The predicted octanol–water partition coefficient (Wildman–Crippen LogP) is 2.83. The molecule has 120 valence electrons. The third-order valence-corrected chi connectivity index (χ3v) is 2.93. The van der Waals surface area contributed by atoms with Gasteiger partial charge in [0, 0.05) is 6.08 Å². The lowest BCUT2D eigenvalue weighted by molar-refractivity contribution is -0.139. The third-order valence-electron chi connectivity index (χ3n) is 2.93. The van der Waals surface area contributed by atoms with Gasteiger partial charge in [-0.3, -0.25) is 0 Å². The van der Waals surface area contributed by atoms with Crippen molar-refractivity contribution in [3.8, 4) is 5.75 Å². The second-order valence-corrected chi connectivity index (χ2v) is 4.47. The Morgan fingerprint density at radius 3 is 2.48 bits per heavy atom. The van der Waals surface area contributed by atoms with E-state index in [0.29, 0.717) is 5.76 Å². The topological polar surface area (TPSA) is 75.0 Å². The summed E-state index contributed by atoms with van der Waals surface area (Å²) in [6.07, 6.45) is 2.94. The minimum absolute atomic E-state index is 0.0623. The van der Waals surface area contributed by atoms with E-state index in [-0.39, 0.29) is 12.4 Å². The molecule has 1 aromatic heterocycles. The second kappa shape index (κ2) is 7.84. The number of furan rings is 1. The van der Waals surface area contributed by atoms with E-state index in [1.165, 1.54) is 19.3 Å². The van der Waals surface area contributed by atoms with Gasteiger partial charge in [0.05, 0.1) is 14.2 Å². The number of methoxy groups -OCH3 is 2. The molecule has 0 saturated carbocycles. The molecular weight excluding hydrogens is 300 g/mol. The van der Waals surface area contributed by atoms with Gasteiger partial charge in [0.1, 0.15) is 18.1 Å². The van der Waals surface area contributed by atoms with Gasteiger partial charge in [0.25, 0.3) is 0 Å². The SMILES string of the molecule is COC(=O)c1ccc(COC(=O)/C=C/c2ccc(OC)cc2)o1. The van der Waals surface area contributed by atoms with E-state index in [4.69, 9.17) is 13.9 Å². The number of carbonyl (C=O) groups is 2. The Kier molecular flexibility index (Phi) is 5.57. The zero-order valence-electron chi connectivity index (χ0n) is 12.8. The Morgan fingerprint density at radius 1 is 1.09 bits per heavy atom. The Morgan fingerprint density at radius 2 is 1.83 bits per heavy atom. The first-order valence-corrected chi connectivity index (χ1v) is 6.78. The zero-order valence-corrected chi connectivity index (χ0v) is 12.8. The van der Waals surface area contributed by atoms with Crippen LogP contribution in [0, 0.1) is 0 Å². The molecular formula is C17H16O6. The first-order chi connectivity index (χ1) is 11.1. The van der Waals surface area contributed by atoms with Crippen molar-refractivity contribution in [3.05, 3.63) is 59.6 Å². The lowest BCUT2D eigenvalue weighted by Crippen LogP contribution is -2.01. The van der Waals surface area contributed by atoms with Crippen molar-refractivity contribution in [1.82, 2.24) is 0 Å². The molecule has 0 radical (unpaired) electrons. The molecule has 0 aliphatic carbocycles. The largest absolute Gasteiger partial charge is 0.497 e. The molecule has 6 heteroatoms. The molecule has 0 aliphatic heterocycles. The fourth-order valence-electron chi connectivity index (χ4n) is 1.74. The molecule has 0 saturated heterocycles. The summed E-state index contributed by atoms with van der Waals surface area (Å²) < 4.78 is 19.8. The number of carbonyl (C=O) groups excluding carboxylic acids is 2. The molecule has 0 amide bonds. The summed E-state index contributed by atoms with van der Waals surface area (Å²) in [5.41, 5.74) is 0.841. The van der Waals surface area contributed by atoms with E-state index in [1.807, 2.05) is 12.1 Å². The van der Waals surface area contributed by atoms with Crippen LogP contribution in [0.2, 0.25) is 0 Å². The van der Waals surface area contributed by atoms with Gasteiger partial charge in [-0.1, -0.05) is 12.1 Å². The molecule has 0 N–H and O–H groups in total. The fraction of sp³-hybridized carbons (Fsp3) is 0.176. The predicted molar refractivity (Wildman–Crippen MR) is 81.9 cm³/mol. The molecule has 1 heterocycles. The quantitative estimate of drug-likeness (QED) is 0.602. The average molecular weight is 316 g/mol. The van der Waals surface area contributed by atoms with Gasteiger partial charge in [-0.15, -0.1) is 0 Å². The molecule has 2 aromatic rings. The van der Waals surface area contributed by atoms with Crippen molar-refractivity contribution in [2.24, 2.45) is 0 Å². The van der Waals surface area contributed by atoms with E-state index in [0.717, 1.165) is 11.3 Å². The molecule has 0 fully saturated rings. The van der Waals surface area contributed by atoms with Crippen molar-refractivity contribution in [2.45, 2.75) is 6.61 Å². The number of rotatable bonds is 6. The number of benzene rings is 1. The van der Waals surface area contributed by atoms with Crippen LogP contribution in [0.25, 0.3) is 6.08 Å². The standard InChI is InChI=1S/C17H16O6/c1-20-13-6-3-12(4-7-13)5-10-16(18)22-11-14-8-9-15(23-14)17(19)21-2/h3-10H,11H2,1-2H3/b10-5+. The molecule has 0 atom stereocenters. The number of hydrogen-bond acceptors (Lipinski definition) is 6. The van der Waals surface area contributed by atoms with Crippen molar-refractivity contribution in [2.75, 3.05) is 14.2 Å². The molecule has 6 nitrogen and oxygen atoms in total. The summed E-state index contributed by atoms with van der Waals surface area (Å²) in [7, 11) is 2.84. The van der Waals surface area contributed by atoms with Gasteiger partial charge in [-0.25, -0.2) is 9.59 Å². The highest BCUT2D eigenvalue weighted by Crippen LogP contribution is 2.13. The van der Waals surface area contributed by atoms with Gasteiger partial charge in [0.15, 0.2) is 0 Å². The third kappa shape index (κ3) is 4.74. The normalized spacial score (nSPS) is 10.5. The number of hydrogen-bond donors (Lipinski definition) is 0. The summed E-state index contributed by atoms with van der Waals surface area (Å²) in [4.78, 5) is 22.9. The minimum Gasteiger partial charge on any atom is -0.497 e. The van der Waals surface area contributed by atoms with Crippen LogP contribution < -0.4 is 4.74 Å². The highest BCUT2D eigenvalue weighted by Gasteiger charge is 2.11. The summed E-state index contributed by atoms with van der Waals surface area (Å²) in [6.45, 7) is -0.0667. The van der Waals surface area contributed by atoms with E-state index in [1.54, 1.807) is 31.4 Å². The highest BCUT2D eigenvalue weighted by molar-refractivity contribution is 5.87. The lowest BCUT2D eigenvalue weighted by Gasteiger charge is -2.00. The Hall–Kier alpha value is -3.02. The summed E-state index contributed by atoms with van der Waals surface area (Å²) >= 11 is 0. The van der Waals surface area contributed by atoms with Crippen LogP contribution in [-0.2, 0) is 20.9 Å². The maximum Gasteiger partial charge on any atom is 0.373 e. The molecule has 0 unspecified atom stereocenters. The monoisotopic (exact) mass is 316 g/mol.